The summed E-state index contributed by atoms with van der Waals surface area (Å²) in [6.07, 6.45) is 13.8. The van der Waals surface area contributed by atoms with Crippen LogP contribution < -0.4 is 16.0 Å². The number of sulfone groups is 1. The molecule has 1 heterocycles. The van der Waals surface area contributed by atoms with Crippen LogP contribution in [0, 0.1) is 17.8 Å². The Balaban J connectivity index is 1.33. The summed E-state index contributed by atoms with van der Waals surface area (Å²) < 4.78 is 23.7. The summed E-state index contributed by atoms with van der Waals surface area (Å²) in [6, 6.07) is 0.464. The molecule has 0 amide bonds. The fraction of sp³-hybridized carbons (Fsp3) is 1.00. The topological polar surface area (TPSA) is 70.2 Å². The largest absolute Gasteiger partial charge is 0.312 e. The van der Waals surface area contributed by atoms with Crippen LogP contribution in [0.5, 0.6) is 0 Å². The van der Waals surface area contributed by atoms with E-state index >= 15 is 0 Å². The fourth-order valence-corrected chi connectivity index (χ4v) is 7.82. The van der Waals surface area contributed by atoms with Gasteiger partial charge in [-0.05, 0) is 69.1 Å². The zero-order valence-electron chi connectivity index (χ0n) is 17.2. The van der Waals surface area contributed by atoms with E-state index in [0.717, 1.165) is 50.6 Å². The lowest BCUT2D eigenvalue weighted by molar-refractivity contribution is 0.115. The van der Waals surface area contributed by atoms with Crippen molar-refractivity contribution in [2.75, 3.05) is 19.3 Å². The van der Waals surface area contributed by atoms with Crippen LogP contribution in [0.15, 0.2) is 0 Å². The average molecular weight is 398 g/mol. The molecule has 4 atom stereocenters. The van der Waals surface area contributed by atoms with Crippen LogP contribution >= 0.6 is 0 Å². The second-order valence-corrected chi connectivity index (χ2v) is 12.4. The molecule has 156 valence electrons. The molecule has 0 spiro atoms. The van der Waals surface area contributed by atoms with Crippen molar-refractivity contribution in [3.8, 4) is 0 Å². The Hall–Kier alpha value is -0.170. The minimum absolute atomic E-state index is 0.111. The third-order valence-electron chi connectivity index (χ3n) is 8.19. The zero-order chi connectivity index (χ0) is 19.1. The summed E-state index contributed by atoms with van der Waals surface area (Å²) >= 11 is 0. The molecule has 4 aliphatic rings. The lowest BCUT2D eigenvalue weighted by Crippen LogP contribution is -2.67. The van der Waals surface area contributed by atoms with Crippen molar-refractivity contribution in [2.45, 2.75) is 94.1 Å². The van der Waals surface area contributed by atoms with Gasteiger partial charge in [0.15, 0.2) is 0 Å². The maximum atomic E-state index is 11.8. The number of hydrogen-bond donors (Lipinski definition) is 3. The summed E-state index contributed by atoms with van der Waals surface area (Å²) in [7, 11) is -2.87. The van der Waals surface area contributed by atoms with Gasteiger partial charge in [-0.3, -0.25) is 10.6 Å². The lowest BCUT2D eigenvalue weighted by Gasteiger charge is -2.47. The van der Waals surface area contributed by atoms with Crippen molar-refractivity contribution in [3.63, 3.8) is 0 Å². The molecule has 3 aliphatic carbocycles. The highest BCUT2D eigenvalue weighted by molar-refractivity contribution is 7.91. The molecule has 1 aliphatic heterocycles. The second-order valence-electron chi connectivity index (χ2n) is 10.1. The maximum Gasteiger partial charge on any atom is 0.150 e. The van der Waals surface area contributed by atoms with E-state index in [1.165, 1.54) is 44.8 Å². The molecular formula is C21H39N3O2S. The van der Waals surface area contributed by atoms with Gasteiger partial charge in [-0.25, -0.2) is 8.42 Å². The molecule has 4 rings (SSSR count). The molecule has 3 N–H and O–H groups in total. The molecule has 27 heavy (non-hydrogen) atoms. The molecule has 6 heteroatoms. The average Bonchev–Trinajstić information content (AvgIpc) is 3.00. The van der Waals surface area contributed by atoms with Crippen LogP contribution in [0.25, 0.3) is 0 Å². The van der Waals surface area contributed by atoms with Gasteiger partial charge in [0, 0.05) is 30.9 Å². The van der Waals surface area contributed by atoms with E-state index in [0.29, 0.717) is 23.7 Å². The molecule has 0 aromatic carbocycles. The van der Waals surface area contributed by atoms with Crippen molar-refractivity contribution in [1.29, 1.82) is 0 Å². The Kier molecular flexibility index (Phi) is 5.90. The molecular weight excluding hydrogens is 358 g/mol. The van der Waals surface area contributed by atoms with Crippen LogP contribution in [0.2, 0.25) is 0 Å². The number of piperazine rings is 1. The van der Waals surface area contributed by atoms with Crippen LogP contribution in [0.1, 0.15) is 71.1 Å². The first kappa shape index (κ1) is 20.1. The monoisotopic (exact) mass is 397 g/mol. The third kappa shape index (κ3) is 4.54. The highest BCUT2D eigenvalue weighted by Crippen LogP contribution is 2.47. The molecule has 0 radical (unpaired) electrons. The van der Waals surface area contributed by atoms with Gasteiger partial charge in [-0.1, -0.05) is 19.8 Å². The van der Waals surface area contributed by atoms with E-state index in [-0.39, 0.29) is 5.25 Å². The number of hydrogen-bond acceptors (Lipinski definition) is 5. The highest BCUT2D eigenvalue weighted by Gasteiger charge is 2.44. The summed E-state index contributed by atoms with van der Waals surface area (Å²) in [4.78, 5) is 0. The van der Waals surface area contributed by atoms with Gasteiger partial charge < -0.3 is 5.32 Å². The molecule has 5 nitrogen and oxygen atoms in total. The Bertz CT molecular complexity index is 603. The van der Waals surface area contributed by atoms with E-state index < -0.39 is 9.84 Å². The Morgan fingerprint density at radius 1 is 1.00 bits per heavy atom. The van der Waals surface area contributed by atoms with E-state index in [4.69, 9.17) is 0 Å². The van der Waals surface area contributed by atoms with Gasteiger partial charge in [0.25, 0.3) is 0 Å². The highest BCUT2D eigenvalue weighted by atomic mass is 32.2. The quantitative estimate of drug-likeness (QED) is 0.665. The van der Waals surface area contributed by atoms with Gasteiger partial charge in [-0.2, -0.15) is 0 Å². The van der Waals surface area contributed by atoms with Crippen LogP contribution in [0.3, 0.4) is 0 Å². The number of nitrogens with one attached hydrogen (secondary N) is 3. The molecule has 4 fully saturated rings. The Labute approximate surface area is 165 Å². The number of fused-ring (bicyclic) bond motifs is 2. The van der Waals surface area contributed by atoms with Gasteiger partial charge in [-0.15, -0.1) is 0 Å². The zero-order valence-corrected chi connectivity index (χ0v) is 18.0. The van der Waals surface area contributed by atoms with Gasteiger partial charge >= 0.3 is 0 Å². The predicted molar refractivity (Wildman–Crippen MR) is 110 cm³/mol. The second kappa shape index (κ2) is 7.92. The Morgan fingerprint density at radius 2 is 1.67 bits per heavy atom. The third-order valence-corrected chi connectivity index (χ3v) is 9.87. The normalized spacial score (nSPS) is 45.7. The molecule has 3 saturated carbocycles. The van der Waals surface area contributed by atoms with Crippen molar-refractivity contribution in [3.05, 3.63) is 0 Å². The van der Waals surface area contributed by atoms with E-state index in [1.54, 1.807) is 0 Å². The van der Waals surface area contributed by atoms with Crippen molar-refractivity contribution in [1.82, 2.24) is 16.0 Å². The number of rotatable bonds is 5. The van der Waals surface area contributed by atoms with E-state index in [1.807, 2.05) is 0 Å². The van der Waals surface area contributed by atoms with E-state index in [9.17, 15) is 8.42 Å². The summed E-state index contributed by atoms with van der Waals surface area (Å²) in [6.45, 7) is 4.36. The Morgan fingerprint density at radius 3 is 2.26 bits per heavy atom. The maximum absolute atomic E-state index is 11.8. The summed E-state index contributed by atoms with van der Waals surface area (Å²) in [5, 5.41) is 11.5. The predicted octanol–water partition coefficient (Wildman–Crippen LogP) is 2.43. The van der Waals surface area contributed by atoms with Crippen LogP contribution in [-0.4, -0.2) is 50.8 Å². The minimum Gasteiger partial charge on any atom is -0.312 e. The summed E-state index contributed by atoms with van der Waals surface area (Å²) in [5.41, 5.74) is 0.319. The molecule has 0 aromatic rings. The summed E-state index contributed by atoms with van der Waals surface area (Å²) in [5.74, 6) is 2.48. The molecule has 4 unspecified atom stereocenters. The van der Waals surface area contributed by atoms with Crippen molar-refractivity contribution >= 4 is 9.84 Å². The minimum atomic E-state index is -2.87. The smallest absolute Gasteiger partial charge is 0.150 e. The fourth-order valence-electron chi connectivity index (χ4n) is 6.69. The van der Waals surface area contributed by atoms with Crippen LogP contribution in [0.4, 0.5) is 0 Å². The first-order valence-corrected chi connectivity index (χ1v) is 13.3. The molecule has 0 aromatic heterocycles. The van der Waals surface area contributed by atoms with Gasteiger partial charge in [0.2, 0.25) is 0 Å². The van der Waals surface area contributed by atoms with Crippen molar-refractivity contribution in [2.24, 2.45) is 17.8 Å². The SMILES string of the molecule is CCC1(NC2CNCC(C3CCC(S(C)(=O)=O)CC3)N2)CC2CCC(C2)C1. The van der Waals surface area contributed by atoms with E-state index in [2.05, 4.69) is 22.9 Å². The molecule has 2 bridgehead atoms. The van der Waals surface area contributed by atoms with Gasteiger partial charge in [0.05, 0.1) is 11.4 Å². The lowest BCUT2D eigenvalue weighted by atomic mass is 9.73. The van der Waals surface area contributed by atoms with Crippen molar-refractivity contribution < 1.29 is 8.42 Å². The van der Waals surface area contributed by atoms with Crippen LogP contribution in [-0.2, 0) is 9.84 Å². The molecule has 1 saturated heterocycles. The van der Waals surface area contributed by atoms with Gasteiger partial charge in [0.1, 0.15) is 9.84 Å². The first-order chi connectivity index (χ1) is 12.9. The first-order valence-electron chi connectivity index (χ1n) is 11.3. The standard InChI is InChI=1S/C21H39N3O2S/c1-3-21(11-15-4-5-16(10-15)12-21)24-20-14-22-13-19(23-20)17-6-8-18(9-7-17)27(2,25)26/h15-20,22-24H,3-14H2,1-2H3.